The molecule has 0 aromatic heterocycles. The number of carbonyl (C=O) groups is 2. The van der Waals surface area contributed by atoms with Gasteiger partial charge in [-0.25, -0.2) is 12.8 Å². The number of carbonyl (C=O) groups excluding carboxylic acids is 2. The molecule has 1 aliphatic heterocycles. The first-order valence-corrected chi connectivity index (χ1v) is 13.1. The van der Waals surface area contributed by atoms with Crippen LogP contribution in [0.4, 0.5) is 23.2 Å². The Morgan fingerprint density at radius 1 is 1.19 bits per heavy atom. The van der Waals surface area contributed by atoms with Crippen LogP contribution in [-0.4, -0.2) is 51.3 Å². The summed E-state index contributed by atoms with van der Waals surface area (Å²) in [5.74, 6) is -3.42. The second-order valence-corrected chi connectivity index (χ2v) is 10.7. The summed E-state index contributed by atoms with van der Waals surface area (Å²) in [5.41, 5.74) is -0.195. The summed E-state index contributed by atoms with van der Waals surface area (Å²) in [7, 11) is -4.16. The van der Waals surface area contributed by atoms with Crippen molar-refractivity contribution >= 4 is 38.9 Å². The predicted molar refractivity (Wildman–Crippen MR) is 126 cm³/mol. The third-order valence-electron chi connectivity index (χ3n) is 5.50. The molecular weight excluding hydrogens is 526 g/mol. The third kappa shape index (κ3) is 6.74. The highest BCUT2D eigenvalue weighted by Gasteiger charge is 2.38. The van der Waals surface area contributed by atoms with E-state index in [0.29, 0.717) is 16.7 Å². The molecule has 0 fully saturated rings. The fourth-order valence-corrected chi connectivity index (χ4v) is 5.55. The summed E-state index contributed by atoms with van der Waals surface area (Å²) in [4.78, 5) is 26.6. The molecule has 0 aliphatic carbocycles. The van der Waals surface area contributed by atoms with E-state index in [1.165, 1.54) is 0 Å². The number of nitrogens with zero attached hydrogens (tertiary/aromatic N) is 1. The Hall–Kier alpha value is -2.70. The SMILES string of the molecule is CCN[C@H]1CS(=O)(=O)c2cc(F)c(C(=O)NCCCC(F)(F)F)cc2N(Cc2ccc(Cl)cc2)C1=O. The van der Waals surface area contributed by atoms with Crippen LogP contribution in [0.1, 0.15) is 35.7 Å². The summed E-state index contributed by atoms with van der Waals surface area (Å²) in [5, 5.41) is 5.48. The molecule has 1 aliphatic rings. The molecule has 2 amide bonds. The maximum Gasteiger partial charge on any atom is 0.389 e. The summed E-state index contributed by atoms with van der Waals surface area (Å²) < 4.78 is 78.2. The summed E-state index contributed by atoms with van der Waals surface area (Å²) in [6.45, 7) is 1.52. The lowest BCUT2D eigenvalue weighted by molar-refractivity contribution is -0.135. The van der Waals surface area contributed by atoms with Gasteiger partial charge in [0.2, 0.25) is 5.91 Å². The molecule has 13 heteroatoms. The topological polar surface area (TPSA) is 95.6 Å². The summed E-state index contributed by atoms with van der Waals surface area (Å²) in [6.07, 6.45) is -5.95. The van der Waals surface area contributed by atoms with Crippen molar-refractivity contribution in [1.82, 2.24) is 10.6 Å². The van der Waals surface area contributed by atoms with Crippen molar-refractivity contribution in [3.05, 3.63) is 58.4 Å². The number of hydrogen-bond donors (Lipinski definition) is 2. The zero-order valence-electron chi connectivity index (χ0n) is 19.2. The zero-order valence-corrected chi connectivity index (χ0v) is 20.7. The molecule has 2 aromatic rings. The third-order valence-corrected chi connectivity index (χ3v) is 7.52. The van der Waals surface area contributed by atoms with Gasteiger partial charge in [0.05, 0.1) is 28.4 Å². The van der Waals surface area contributed by atoms with Crippen LogP contribution in [0.5, 0.6) is 0 Å². The summed E-state index contributed by atoms with van der Waals surface area (Å²) >= 11 is 5.92. The number of halogens is 5. The minimum absolute atomic E-state index is 0.0985. The largest absolute Gasteiger partial charge is 0.389 e. The van der Waals surface area contributed by atoms with E-state index in [0.717, 1.165) is 11.0 Å². The Morgan fingerprint density at radius 3 is 2.47 bits per heavy atom. The lowest BCUT2D eigenvalue weighted by Gasteiger charge is -2.26. The number of amides is 2. The van der Waals surface area contributed by atoms with Gasteiger partial charge in [-0.1, -0.05) is 30.7 Å². The normalized spacial score (nSPS) is 17.4. The molecule has 0 spiro atoms. The number of anilines is 1. The average Bonchev–Trinajstić information content (AvgIpc) is 2.86. The van der Waals surface area contributed by atoms with Gasteiger partial charge in [-0.05, 0) is 42.8 Å². The second-order valence-electron chi connectivity index (χ2n) is 8.22. The van der Waals surface area contributed by atoms with E-state index in [2.05, 4.69) is 10.6 Å². The number of rotatable bonds is 8. The van der Waals surface area contributed by atoms with Crippen LogP contribution in [0.3, 0.4) is 0 Å². The molecule has 1 heterocycles. The van der Waals surface area contributed by atoms with Crippen molar-refractivity contribution in [2.75, 3.05) is 23.7 Å². The first-order valence-electron chi connectivity index (χ1n) is 11.0. The highest BCUT2D eigenvalue weighted by molar-refractivity contribution is 7.91. The molecule has 2 aromatic carbocycles. The molecule has 36 heavy (non-hydrogen) atoms. The minimum Gasteiger partial charge on any atom is -0.352 e. The first-order chi connectivity index (χ1) is 16.8. The maximum atomic E-state index is 14.9. The number of hydrogen-bond acceptors (Lipinski definition) is 5. The molecule has 1 atom stereocenters. The van der Waals surface area contributed by atoms with Crippen LogP contribution in [-0.2, 0) is 21.2 Å². The Kier molecular flexibility index (Phi) is 8.63. The fourth-order valence-electron chi connectivity index (χ4n) is 3.78. The monoisotopic (exact) mass is 549 g/mol. The lowest BCUT2D eigenvalue weighted by atomic mass is 10.1. The standard InChI is InChI=1S/C23H24ClF4N3O4S/c1-2-29-18-13-36(34,35)20-11-17(25)16(21(32)30-9-3-8-23(26,27)28)10-19(20)31(22(18)33)12-14-4-6-15(24)7-5-14/h4-7,10-11,18,29H,2-3,8-9,12-13H2,1H3,(H,30,32)/t18-/m0/s1. The number of fused-ring (bicyclic) bond motifs is 1. The van der Waals surface area contributed by atoms with E-state index in [-0.39, 0.29) is 25.3 Å². The van der Waals surface area contributed by atoms with Gasteiger partial charge in [-0.3, -0.25) is 9.59 Å². The Morgan fingerprint density at radius 2 is 1.86 bits per heavy atom. The van der Waals surface area contributed by atoms with Gasteiger partial charge in [0, 0.05) is 18.0 Å². The van der Waals surface area contributed by atoms with Crippen molar-refractivity contribution in [1.29, 1.82) is 0 Å². The van der Waals surface area contributed by atoms with Crippen LogP contribution < -0.4 is 15.5 Å². The van der Waals surface area contributed by atoms with Crippen molar-refractivity contribution in [2.24, 2.45) is 0 Å². The average molecular weight is 550 g/mol. The van der Waals surface area contributed by atoms with Crippen molar-refractivity contribution in [3.8, 4) is 0 Å². The Bertz CT molecular complexity index is 1240. The highest BCUT2D eigenvalue weighted by Crippen LogP contribution is 2.34. The number of benzene rings is 2. The van der Waals surface area contributed by atoms with Gasteiger partial charge in [0.15, 0.2) is 9.84 Å². The molecular formula is C23H24ClF4N3O4S. The lowest BCUT2D eigenvalue weighted by Crippen LogP contribution is -2.48. The van der Waals surface area contributed by atoms with E-state index in [1.54, 1.807) is 31.2 Å². The Balaban J connectivity index is 2.03. The van der Waals surface area contributed by atoms with Gasteiger partial charge in [-0.15, -0.1) is 0 Å². The van der Waals surface area contributed by atoms with Crippen molar-refractivity contribution < 1.29 is 35.6 Å². The number of sulfone groups is 1. The van der Waals surface area contributed by atoms with Crippen LogP contribution in [0.25, 0.3) is 0 Å². The van der Waals surface area contributed by atoms with E-state index >= 15 is 0 Å². The fraction of sp³-hybridized carbons (Fsp3) is 0.391. The predicted octanol–water partition coefficient (Wildman–Crippen LogP) is 3.85. The molecule has 0 unspecified atom stereocenters. The molecule has 2 N–H and O–H groups in total. The molecule has 0 saturated carbocycles. The first kappa shape index (κ1) is 27.9. The van der Waals surface area contributed by atoms with Gasteiger partial charge >= 0.3 is 6.18 Å². The molecule has 0 bridgehead atoms. The van der Waals surface area contributed by atoms with Gasteiger partial charge in [0.25, 0.3) is 5.91 Å². The van der Waals surface area contributed by atoms with Gasteiger partial charge in [-0.2, -0.15) is 13.2 Å². The second kappa shape index (κ2) is 11.1. The van der Waals surface area contributed by atoms with E-state index in [1.807, 2.05) is 0 Å². The van der Waals surface area contributed by atoms with E-state index in [4.69, 9.17) is 11.6 Å². The molecule has 7 nitrogen and oxygen atoms in total. The van der Waals surface area contributed by atoms with Crippen LogP contribution in [0.15, 0.2) is 41.3 Å². The Labute approximate surface area is 210 Å². The van der Waals surface area contributed by atoms with Crippen LogP contribution >= 0.6 is 11.6 Å². The highest BCUT2D eigenvalue weighted by atomic mass is 35.5. The molecule has 3 rings (SSSR count). The minimum atomic E-state index is -4.40. The van der Waals surface area contributed by atoms with Crippen LogP contribution in [0.2, 0.25) is 5.02 Å². The van der Waals surface area contributed by atoms with Gasteiger partial charge < -0.3 is 15.5 Å². The van der Waals surface area contributed by atoms with Gasteiger partial charge in [0.1, 0.15) is 11.9 Å². The van der Waals surface area contributed by atoms with Crippen molar-refractivity contribution in [3.63, 3.8) is 0 Å². The number of alkyl halides is 3. The maximum absolute atomic E-state index is 14.9. The number of nitrogens with one attached hydrogen (secondary N) is 2. The smallest absolute Gasteiger partial charge is 0.352 e. The molecule has 196 valence electrons. The quantitative estimate of drug-likeness (QED) is 0.385. The van der Waals surface area contributed by atoms with E-state index in [9.17, 15) is 35.6 Å². The molecule has 0 radical (unpaired) electrons. The van der Waals surface area contributed by atoms with E-state index < -0.39 is 68.7 Å². The number of likely N-dealkylation sites (N-methyl/N-ethyl adjacent to an activating group) is 1. The van der Waals surface area contributed by atoms with Crippen molar-refractivity contribution in [2.45, 2.75) is 43.4 Å². The zero-order chi connectivity index (χ0) is 26.7. The molecule has 0 saturated heterocycles. The summed E-state index contributed by atoms with van der Waals surface area (Å²) in [6, 6.07) is 6.94. The van der Waals surface area contributed by atoms with Crippen LogP contribution in [0, 0.1) is 5.82 Å².